The zero-order chi connectivity index (χ0) is 16.7. The molecule has 3 aromatic rings. The fraction of sp³-hybridized carbons (Fsp3) is 0.286. The molecule has 0 N–H and O–H groups in total. The summed E-state index contributed by atoms with van der Waals surface area (Å²) in [5, 5.41) is 1.03. The van der Waals surface area contributed by atoms with E-state index in [1.165, 1.54) is 11.1 Å². The third-order valence-electron chi connectivity index (χ3n) is 5.25. The Labute approximate surface area is 142 Å². The zero-order valence-electron chi connectivity index (χ0n) is 14.2. The van der Waals surface area contributed by atoms with Crippen molar-refractivity contribution in [3.63, 3.8) is 0 Å². The second kappa shape index (κ2) is 5.82. The maximum atomic E-state index is 13.2. The summed E-state index contributed by atoms with van der Waals surface area (Å²) in [4.78, 5) is 15.1. The first kappa shape index (κ1) is 15.0. The first-order valence-corrected chi connectivity index (χ1v) is 8.56. The van der Waals surface area contributed by atoms with Gasteiger partial charge in [-0.15, -0.1) is 0 Å². The molecule has 122 valence electrons. The lowest BCUT2D eigenvalue weighted by Gasteiger charge is -2.33. The van der Waals surface area contributed by atoms with Gasteiger partial charge in [-0.1, -0.05) is 42.5 Å². The quantitative estimate of drug-likeness (QED) is 0.690. The molecular weight excluding hydrogens is 296 g/mol. The Balaban J connectivity index is 1.72. The first-order chi connectivity index (χ1) is 11.7. The highest BCUT2D eigenvalue weighted by Gasteiger charge is 2.28. The molecule has 24 heavy (non-hydrogen) atoms. The maximum absolute atomic E-state index is 13.2. The van der Waals surface area contributed by atoms with Gasteiger partial charge in [-0.25, -0.2) is 0 Å². The molecule has 0 radical (unpaired) electrons. The van der Waals surface area contributed by atoms with Crippen LogP contribution in [0.3, 0.4) is 0 Å². The van der Waals surface area contributed by atoms with Gasteiger partial charge in [0.1, 0.15) is 0 Å². The van der Waals surface area contributed by atoms with Crippen molar-refractivity contribution in [3.05, 3.63) is 71.4 Å². The third-order valence-corrected chi connectivity index (χ3v) is 5.25. The van der Waals surface area contributed by atoms with E-state index in [2.05, 4.69) is 30.3 Å². The van der Waals surface area contributed by atoms with Gasteiger partial charge in [0, 0.05) is 31.2 Å². The first-order valence-electron chi connectivity index (χ1n) is 8.56. The van der Waals surface area contributed by atoms with Crippen LogP contribution in [0.4, 0.5) is 0 Å². The predicted octanol–water partition coefficient (Wildman–Crippen LogP) is 4.33. The van der Waals surface area contributed by atoms with Crippen molar-refractivity contribution in [1.29, 1.82) is 0 Å². The molecule has 0 bridgehead atoms. The molecule has 0 spiro atoms. The smallest absolute Gasteiger partial charge is 0.256 e. The van der Waals surface area contributed by atoms with Crippen molar-refractivity contribution >= 4 is 16.8 Å². The van der Waals surface area contributed by atoms with Crippen molar-refractivity contribution in [1.82, 2.24) is 9.47 Å². The molecule has 1 aromatic heterocycles. The van der Waals surface area contributed by atoms with Crippen LogP contribution in [-0.2, 0) is 13.5 Å². The van der Waals surface area contributed by atoms with Gasteiger partial charge in [-0.3, -0.25) is 4.79 Å². The monoisotopic (exact) mass is 318 g/mol. The summed E-state index contributed by atoms with van der Waals surface area (Å²) in [5.41, 5.74) is 4.57. The van der Waals surface area contributed by atoms with Gasteiger partial charge in [0.05, 0.1) is 11.6 Å². The van der Waals surface area contributed by atoms with Gasteiger partial charge >= 0.3 is 0 Å². The molecule has 4 rings (SSSR count). The number of nitrogens with zero attached hydrogens (tertiary/aromatic N) is 2. The van der Waals surface area contributed by atoms with E-state index < -0.39 is 0 Å². The van der Waals surface area contributed by atoms with Gasteiger partial charge in [0.15, 0.2) is 0 Å². The summed E-state index contributed by atoms with van der Waals surface area (Å²) < 4.78 is 2.03. The van der Waals surface area contributed by atoms with Gasteiger partial charge in [-0.2, -0.15) is 0 Å². The number of amides is 1. The van der Waals surface area contributed by atoms with E-state index in [9.17, 15) is 4.79 Å². The van der Waals surface area contributed by atoms with Crippen LogP contribution in [0.25, 0.3) is 10.9 Å². The molecule has 2 aromatic carbocycles. The minimum atomic E-state index is 0.105. The average molecular weight is 318 g/mol. The minimum Gasteiger partial charge on any atom is -0.350 e. The van der Waals surface area contributed by atoms with Gasteiger partial charge in [-0.05, 0) is 36.5 Å². The standard InChI is InChI=1S/C21H22N2O/c1-22-14-18(17-11-5-6-12-19(17)22)21(24)23(2)20-13-7-9-15-8-3-4-10-16(15)20/h3-6,8,10-12,14,20H,7,9,13H2,1-2H3/t20-/m1/s1. The number of benzene rings is 2. The van der Waals surface area contributed by atoms with Crippen LogP contribution in [-0.4, -0.2) is 22.4 Å². The topological polar surface area (TPSA) is 25.2 Å². The van der Waals surface area contributed by atoms with Crippen molar-refractivity contribution < 1.29 is 4.79 Å². The molecule has 0 fully saturated rings. The normalized spacial score (nSPS) is 16.8. The van der Waals surface area contributed by atoms with E-state index in [1.54, 1.807) is 0 Å². The Morgan fingerprint density at radius 2 is 1.88 bits per heavy atom. The van der Waals surface area contributed by atoms with Crippen molar-refractivity contribution in [2.75, 3.05) is 7.05 Å². The van der Waals surface area contributed by atoms with Crippen LogP contribution in [0.5, 0.6) is 0 Å². The number of rotatable bonds is 2. The lowest BCUT2D eigenvalue weighted by molar-refractivity contribution is 0.0717. The molecule has 0 aliphatic heterocycles. The summed E-state index contributed by atoms with van der Waals surface area (Å²) in [5.74, 6) is 0.105. The van der Waals surface area contributed by atoms with Crippen LogP contribution < -0.4 is 0 Å². The summed E-state index contributed by atoms with van der Waals surface area (Å²) >= 11 is 0. The highest BCUT2D eigenvalue weighted by molar-refractivity contribution is 6.07. The number of carbonyl (C=O) groups is 1. The van der Waals surface area contributed by atoms with Crippen LogP contribution in [0.2, 0.25) is 0 Å². The molecule has 0 saturated carbocycles. The van der Waals surface area contributed by atoms with E-state index in [1.807, 2.05) is 48.0 Å². The molecule has 1 aliphatic carbocycles. The molecule has 1 heterocycles. The van der Waals surface area contributed by atoms with Crippen molar-refractivity contribution in [3.8, 4) is 0 Å². The number of carbonyl (C=O) groups excluding carboxylic acids is 1. The molecule has 1 aliphatic rings. The van der Waals surface area contributed by atoms with E-state index in [0.717, 1.165) is 35.7 Å². The summed E-state index contributed by atoms with van der Waals surface area (Å²) in [7, 11) is 3.94. The molecule has 1 atom stereocenters. The van der Waals surface area contributed by atoms with Gasteiger partial charge in [0.25, 0.3) is 5.91 Å². The Morgan fingerprint density at radius 3 is 2.75 bits per heavy atom. The lowest BCUT2D eigenvalue weighted by atomic mass is 9.87. The minimum absolute atomic E-state index is 0.105. The summed E-state index contributed by atoms with van der Waals surface area (Å²) in [6.45, 7) is 0. The zero-order valence-corrected chi connectivity index (χ0v) is 14.2. The molecule has 0 unspecified atom stereocenters. The van der Waals surface area contributed by atoms with Crippen LogP contribution in [0.1, 0.15) is 40.4 Å². The molecule has 1 amide bonds. The maximum Gasteiger partial charge on any atom is 0.256 e. The second-order valence-corrected chi connectivity index (χ2v) is 6.69. The summed E-state index contributed by atoms with van der Waals surface area (Å²) in [6.07, 6.45) is 5.24. The highest BCUT2D eigenvalue weighted by atomic mass is 16.2. The molecule has 0 saturated heterocycles. The van der Waals surface area contributed by atoms with Crippen molar-refractivity contribution in [2.45, 2.75) is 25.3 Å². The number of aromatic nitrogens is 1. The Hall–Kier alpha value is -2.55. The van der Waals surface area contributed by atoms with Crippen LogP contribution in [0, 0.1) is 0 Å². The van der Waals surface area contributed by atoms with E-state index in [0.29, 0.717) is 0 Å². The Bertz CT molecular complexity index is 909. The number of hydrogen-bond acceptors (Lipinski definition) is 1. The fourth-order valence-corrected chi connectivity index (χ4v) is 3.97. The van der Waals surface area contributed by atoms with Gasteiger partial charge in [0.2, 0.25) is 0 Å². The fourth-order valence-electron chi connectivity index (χ4n) is 3.97. The molecular formula is C21H22N2O. The summed E-state index contributed by atoms with van der Waals surface area (Å²) in [6, 6.07) is 16.8. The Morgan fingerprint density at radius 1 is 1.12 bits per heavy atom. The van der Waals surface area contributed by atoms with Crippen LogP contribution >= 0.6 is 0 Å². The second-order valence-electron chi connectivity index (χ2n) is 6.69. The molecule has 3 nitrogen and oxygen atoms in total. The number of aryl methyl sites for hydroxylation is 2. The highest BCUT2D eigenvalue weighted by Crippen LogP contribution is 2.35. The number of para-hydroxylation sites is 1. The Kier molecular flexibility index (Phi) is 3.64. The number of fused-ring (bicyclic) bond motifs is 2. The van der Waals surface area contributed by atoms with E-state index in [4.69, 9.17) is 0 Å². The van der Waals surface area contributed by atoms with Crippen molar-refractivity contribution in [2.24, 2.45) is 7.05 Å². The third kappa shape index (κ3) is 2.32. The number of hydrogen-bond donors (Lipinski definition) is 0. The molecule has 3 heteroatoms. The largest absolute Gasteiger partial charge is 0.350 e. The van der Waals surface area contributed by atoms with E-state index in [-0.39, 0.29) is 11.9 Å². The van der Waals surface area contributed by atoms with E-state index >= 15 is 0 Å². The van der Waals surface area contributed by atoms with Crippen LogP contribution in [0.15, 0.2) is 54.7 Å². The lowest BCUT2D eigenvalue weighted by Crippen LogP contribution is -2.33. The average Bonchev–Trinajstić information content (AvgIpc) is 2.97. The predicted molar refractivity (Wildman–Crippen MR) is 97.1 cm³/mol. The SMILES string of the molecule is CN(C(=O)c1cn(C)c2ccccc12)[C@@H]1CCCc2ccccc21. The van der Waals surface area contributed by atoms with Gasteiger partial charge < -0.3 is 9.47 Å².